The van der Waals surface area contributed by atoms with Crippen LogP contribution in [0.5, 0.6) is 0 Å². The van der Waals surface area contributed by atoms with E-state index in [0.29, 0.717) is 31.5 Å². The Kier molecular flexibility index (Phi) is 24.6. The molecule has 2 aromatic carbocycles. The molecular formula is C47H73N9O10. The van der Waals surface area contributed by atoms with Gasteiger partial charge in [-0.05, 0) is 74.1 Å². The molecule has 0 aromatic heterocycles. The van der Waals surface area contributed by atoms with Gasteiger partial charge < -0.3 is 53.2 Å². The summed E-state index contributed by atoms with van der Waals surface area (Å²) in [5.74, 6) is -5.52. The van der Waals surface area contributed by atoms with Crippen LogP contribution in [0.25, 0.3) is 0 Å². The van der Waals surface area contributed by atoms with E-state index < -0.39 is 77.7 Å². The summed E-state index contributed by atoms with van der Waals surface area (Å²) in [5, 5.41) is 38.5. The van der Waals surface area contributed by atoms with Crippen molar-refractivity contribution in [3.05, 3.63) is 71.3 Å². The number of aliphatic hydroxyl groups excluding tert-OH is 1. The van der Waals surface area contributed by atoms with Crippen LogP contribution in [-0.2, 0) is 46.5 Å². The van der Waals surface area contributed by atoms with Gasteiger partial charge in [0.1, 0.15) is 30.2 Å². The number of aliphatic carboxylic acids is 1. The quantitative estimate of drug-likeness (QED) is 0.0537. The molecule has 0 bridgehead atoms. The molecule has 0 aliphatic heterocycles. The number of carboxylic acids is 1. The number of nitrogens with one attached hydrogen (secondary N) is 7. The summed E-state index contributed by atoms with van der Waals surface area (Å²) in [6.07, 6.45) is -0.122. The number of aliphatic hydroxyl groups is 1. The predicted molar refractivity (Wildman–Crippen MR) is 249 cm³/mol. The fourth-order valence-electron chi connectivity index (χ4n) is 6.81. The van der Waals surface area contributed by atoms with E-state index in [-0.39, 0.29) is 68.2 Å². The summed E-state index contributed by atoms with van der Waals surface area (Å²) in [6.45, 7) is 14.7. The van der Waals surface area contributed by atoms with Crippen molar-refractivity contribution in [2.45, 2.75) is 124 Å². The molecule has 2 rings (SSSR count). The first-order valence-electron chi connectivity index (χ1n) is 22.6. The molecule has 0 saturated carbocycles. The Labute approximate surface area is 388 Å². The zero-order valence-electron chi connectivity index (χ0n) is 39.6. The molecule has 66 heavy (non-hydrogen) atoms. The number of nitrogens with two attached hydrogens (primary N) is 1. The number of hydrogen-bond acceptors (Lipinski definition) is 11. The van der Waals surface area contributed by atoms with Crippen LogP contribution in [0.2, 0.25) is 0 Å². The van der Waals surface area contributed by atoms with Crippen molar-refractivity contribution in [3.8, 4) is 0 Å². The average molecular weight is 924 g/mol. The molecule has 19 nitrogen and oxygen atoms in total. The number of hydrogen-bond donors (Lipinski definition) is 10. The van der Waals surface area contributed by atoms with E-state index in [0.717, 1.165) is 5.56 Å². The molecule has 7 amide bonds. The lowest BCUT2D eigenvalue weighted by molar-refractivity contribution is -0.144. The molecule has 0 saturated heterocycles. The molecule has 6 atom stereocenters. The largest absolute Gasteiger partial charge is 0.480 e. The highest BCUT2D eigenvalue weighted by Crippen LogP contribution is 2.12. The highest BCUT2D eigenvalue weighted by Gasteiger charge is 2.34. The third kappa shape index (κ3) is 20.9. The lowest BCUT2D eigenvalue weighted by atomic mass is 10.0. The van der Waals surface area contributed by atoms with Gasteiger partial charge in [0, 0.05) is 44.7 Å². The summed E-state index contributed by atoms with van der Waals surface area (Å²) in [4.78, 5) is 105. The maximum Gasteiger partial charge on any atom is 0.326 e. The molecule has 0 fully saturated rings. The topological polar surface area (TPSA) is 290 Å². The molecule has 19 heteroatoms. The first-order valence-corrected chi connectivity index (χ1v) is 22.6. The van der Waals surface area contributed by atoms with Crippen LogP contribution in [0.15, 0.2) is 54.6 Å². The zero-order chi connectivity index (χ0) is 49.5. The smallest absolute Gasteiger partial charge is 0.326 e. The Bertz CT molecular complexity index is 1910. The molecule has 0 heterocycles. The second-order valence-corrected chi connectivity index (χ2v) is 17.7. The summed E-state index contributed by atoms with van der Waals surface area (Å²) >= 11 is 0. The van der Waals surface area contributed by atoms with Crippen molar-refractivity contribution < 1.29 is 48.6 Å². The monoisotopic (exact) mass is 924 g/mol. The Hall–Kier alpha value is -5.92. The van der Waals surface area contributed by atoms with Crippen molar-refractivity contribution in [1.82, 2.24) is 42.1 Å². The molecule has 0 aliphatic carbocycles. The predicted octanol–water partition coefficient (Wildman–Crippen LogP) is 0.584. The first-order chi connectivity index (χ1) is 31.1. The first kappa shape index (κ1) is 56.2. The Morgan fingerprint density at radius 2 is 1.23 bits per heavy atom. The van der Waals surface area contributed by atoms with E-state index in [9.17, 15) is 48.6 Å². The van der Waals surface area contributed by atoms with Gasteiger partial charge in [-0.2, -0.15) is 0 Å². The van der Waals surface area contributed by atoms with Crippen molar-refractivity contribution in [3.63, 3.8) is 0 Å². The second kappa shape index (κ2) is 28.9. The van der Waals surface area contributed by atoms with Gasteiger partial charge in [-0.3, -0.25) is 38.5 Å². The van der Waals surface area contributed by atoms with E-state index >= 15 is 0 Å². The molecule has 0 spiro atoms. The second-order valence-electron chi connectivity index (χ2n) is 17.7. The maximum absolute atomic E-state index is 13.5. The van der Waals surface area contributed by atoms with Crippen LogP contribution >= 0.6 is 0 Å². The lowest BCUT2D eigenvalue weighted by Gasteiger charge is -2.27. The van der Waals surface area contributed by atoms with Crippen LogP contribution in [0.3, 0.4) is 0 Å². The molecule has 0 aliphatic rings. The van der Waals surface area contributed by atoms with E-state index in [1.54, 1.807) is 45.0 Å². The fraction of sp³-hybridized carbons (Fsp3) is 0.574. The van der Waals surface area contributed by atoms with Gasteiger partial charge in [-0.25, -0.2) is 4.79 Å². The number of carbonyl (C=O) groups is 8. The van der Waals surface area contributed by atoms with Crippen molar-refractivity contribution >= 4 is 47.3 Å². The van der Waals surface area contributed by atoms with E-state index in [1.807, 2.05) is 62.9 Å². The van der Waals surface area contributed by atoms with Crippen LogP contribution in [-0.4, -0.2) is 131 Å². The summed E-state index contributed by atoms with van der Waals surface area (Å²) < 4.78 is 0. The summed E-state index contributed by atoms with van der Waals surface area (Å²) in [7, 11) is 0. The number of benzene rings is 2. The minimum Gasteiger partial charge on any atom is -0.480 e. The van der Waals surface area contributed by atoms with Gasteiger partial charge in [-0.1, -0.05) is 84.0 Å². The van der Waals surface area contributed by atoms with Gasteiger partial charge >= 0.3 is 5.97 Å². The minimum atomic E-state index is -1.50. The zero-order valence-corrected chi connectivity index (χ0v) is 39.6. The normalized spacial score (nSPS) is 14.0. The van der Waals surface area contributed by atoms with Gasteiger partial charge in [0.05, 0.1) is 12.6 Å². The van der Waals surface area contributed by atoms with Gasteiger partial charge in [0.2, 0.25) is 35.4 Å². The third-order valence-corrected chi connectivity index (χ3v) is 10.4. The average Bonchev–Trinajstić information content (AvgIpc) is 3.24. The molecule has 0 unspecified atom stereocenters. The van der Waals surface area contributed by atoms with E-state index in [2.05, 4.69) is 37.2 Å². The Balaban J connectivity index is 2.09. The van der Waals surface area contributed by atoms with E-state index in [1.165, 1.54) is 6.92 Å². The molecule has 366 valence electrons. The standard InChI is InChI=1S/C47H73N9O10/c1-28(2)23-36(52-38(58)17-19-48)44(62)51-31(7)42(60)49-20-22-56(21-18-33-13-10-9-11-14-33)27-39(59)50-26-34-15-12-16-35(25-34)43(61)53-37(24-29(3)4)45(63)55-41(32(8)57)46(64)54-40(30(5)6)47(65)66/h9-16,25,28-32,36-37,40-41,57H,17-24,26-27,48H2,1-8H3,(H,49,60)(H,50,59)(H,51,62)(H,52,58)(H,53,61)(H,54,64)(H,55,63)(H,65,66)/t31-,32+,36-,37-,40-,41-/m0/s1. The summed E-state index contributed by atoms with van der Waals surface area (Å²) in [6, 6.07) is 10.6. The maximum atomic E-state index is 13.5. The van der Waals surface area contributed by atoms with Gasteiger partial charge in [0.25, 0.3) is 5.91 Å². The number of carboxylic acid groups (broad SMARTS) is 1. The van der Waals surface area contributed by atoms with Crippen molar-refractivity contribution in [2.24, 2.45) is 23.5 Å². The van der Waals surface area contributed by atoms with Crippen LogP contribution in [0.4, 0.5) is 0 Å². The van der Waals surface area contributed by atoms with Gasteiger partial charge in [0.15, 0.2) is 0 Å². The highest BCUT2D eigenvalue weighted by molar-refractivity contribution is 5.99. The van der Waals surface area contributed by atoms with Crippen molar-refractivity contribution in [2.75, 3.05) is 32.7 Å². The van der Waals surface area contributed by atoms with Gasteiger partial charge in [-0.15, -0.1) is 0 Å². The molecule has 11 N–H and O–H groups in total. The van der Waals surface area contributed by atoms with Crippen LogP contribution < -0.4 is 43.0 Å². The van der Waals surface area contributed by atoms with Crippen molar-refractivity contribution in [1.29, 1.82) is 0 Å². The fourth-order valence-corrected chi connectivity index (χ4v) is 6.81. The lowest BCUT2D eigenvalue weighted by Crippen LogP contribution is -2.59. The molecule has 0 radical (unpaired) electrons. The number of amides is 7. The van der Waals surface area contributed by atoms with Crippen LogP contribution in [0.1, 0.15) is 96.1 Å². The third-order valence-electron chi connectivity index (χ3n) is 10.4. The number of carbonyl (C=O) groups excluding carboxylic acids is 7. The SMILES string of the molecule is CC(C)C[C@H](NC(=O)CCN)C(=O)N[C@@H](C)C(=O)NCCN(CCc1ccccc1)CC(=O)NCc1cccc(C(=O)N[C@@H](CC(C)C)C(=O)N[C@H](C(=O)N[C@H](C(=O)O)C(C)C)[C@@H](C)O)c1. The molecular weight excluding hydrogens is 851 g/mol. The van der Waals surface area contributed by atoms with Crippen LogP contribution in [0, 0.1) is 17.8 Å². The Morgan fingerprint density at radius 1 is 0.636 bits per heavy atom. The number of nitrogens with zero attached hydrogens (tertiary/aromatic N) is 1. The summed E-state index contributed by atoms with van der Waals surface area (Å²) in [5.41, 5.74) is 7.34. The minimum absolute atomic E-state index is 0.0134. The number of rotatable bonds is 29. The highest BCUT2D eigenvalue weighted by atomic mass is 16.4. The molecule has 2 aromatic rings. The van der Waals surface area contributed by atoms with E-state index in [4.69, 9.17) is 5.73 Å². The Morgan fingerprint density at radius 3 is 1.80 bits per heavy atom.